The molecule has 1 heterocycles. The van der Waals surface area contributed by atoms with Crippen molar-refractivity contribution in [2.24, 2.45) is 0 Å². The van der Waals surface area contributed by atoms with Gasteiger partial charge in [-0.05, 0) is 36.3 Å². The van der Waals surface area contributed by atoms with E-state index in [1.807, 2.05) is 18.2 Å². The van der Waals surface area contributed by atoms with E-state index < -0.39 is 0 Å². The number of ether oxygens (including phenoxy) is 1. The average Bonchev–Trinajstić information content (AvgIpc) is 2.85. The third kappa shape index (κ3) is 3.05. The Morgan fingerprint density at radius 2 is 2.24 bits per heavy atom. The van der Waals surface area contributed by atoms with Crippen LogP contribution in [0.5, 0.6) is 5.75 Å². The number of hydrogen-bond acceptors (Lipinski definition) is 4. The van der Waals surface area contributed by atoms with Gasteiger partial charge in [-0.25, -0.2) is 0 Å². The molecule has 0 aliphatic carbocycles. The summed E-state index contributed by atoms with van der Waals surface area (Å²) in [4.78, 5) is 1.25. The van der Waals surface area contributed by atoms with Gasteiger partial charge in [0, 0.05) is 17.0 Å². The van der Waals surface area contributed by atoms with Crippen molar-refractivity contribution >= 4 is 11.5 Å². The Labute approximate surface area is 106 Å². The van der Waals surface area contributed by atoms with Crippen molar-refractivity contribution in [3.63, 3.8) is 0 Å². The molecule has 0 saturated heterocycles. The summed E-state index contributed by atoms with van der Waals surface area (Å²) >= 11 is 1.54. The van der Waals surface area contributed by atoms with E-state index >= 15 is 0 Å². The second-order valence-electron chi connectivity index (χ2n) is 3.69. The number of hydrogen-bond donors (Lipinski definition) is 1. The van der Waals surface area contributed by atoms with Crippen LogP contribution in [0, 0.1) is 0 Å². The van der Waals surface area contributed by atoms with Gasteiger partial charge in [-0.2, -0.15) is 4.37 Å². The first-order chi connectivity index (χ1) is 8.33. The molecule has 0 aliphatic heterocycles. The SMILES string of the molecule is CCNCc1cc(-c2cccc(OC)c2)ns1. The lowest BCUT2D eigenvalue weighted by atomic mass is 10.1. The molecule has 0 atom stereocenters. The van der Waals surface area contributed by atoms with Crippen LogP contribution in [0.3, 0.4) is 0 Å². The van der Waals surface area contributed by atoms with E-state index in [2.05, 4.69) is 28.7 Å². The molecule has 0 spiro atoms. The van der Waals surface area contributed by atoms with E-state index in [0.29, 0.717) is 0 Å². The zero-order valence-electron chi connectivity index (χ0n) is 10.1. The predicted molar refractivity (Wildman–Crippen MR) is 71.5 cm³/mol. The summed E-state index contributed by atoms with van der Waals surface area (Å²) < 4.78 is 9.67. The molecule has 0 saturated carbocycles. The Bertz CT molecular complexity index is 482. The molecule has 0 aliphatic rings. The summed E-state index contributed by atoms with van der Waals surface area (Å²) in [5, 5.41) is 3.30. The van der Waals surface area contributed by atoms with Gasteiger partial charge in [-0.3, -0.25) is 0 Å². The van der Waals surface area contributed by atoms with Crippen molar-refractivity contribution < 1.29 is 4.74 Å². The number of rotatable bonds is 5. The Hall–Kier alpha value is -1.39. The first-order valence-electron chi connectivity index (χ1n) is 5.64. The first-order valence-corrected chi connectivity index (χ1v) is 6.41. The van der Waals surface area contributed by atoms with Gasteiger partial charge < -0.3 is 10.1 Å². The van der Waals surface area contributed by atoms with Crippen LogP contribution in [0.1, 0.15) is 11.8 Å². The first kappa shape index (κ1) is 12.1. The third-order valence-corrected chi connectivity index (χ3v) is 3.26. The zero-order valence-corrected chi connectivity index (χ0v) is 10.9. The fourth-order valence-electron chi connectivity index (χ4n) is 1.56. The second-order valence-corrected chi connectivity index (χ2v) is 4.58. The maximum absolute atomic E-state index is 5.21. The number of nitrogens with one attached hydrogen (secondary N) is 1. The lowest BCUT2D eigenvalue weighted by molar-refractivity contribution is 0.415. The van der Waals surface area contributed by atoms with Crippen LogP contribution in [0.15, 0.2) is 30.3 Å². The molecule has 1 aromatic carbocycles. The summed E-state index contributed by atoms with van der Waals surface area (Å²) in [5.41, 5.74) is 2.12. The normalized spacial score (nSPS) is 10.5. The van der Waals surface area contributed by atoms with Crippen LogP contribution in [0.2, 0.25) is 0 Å². The summed E-state index contributed by atoms with van der Waals surface area (Å²) in [5.74, 6) is 0.865. The van der Waals surface area contributed by atoms with E-state index in [4.69, 9.17) is 4.74 Å². The molecule has 2 rings (SSSR count). The van der Waals surface area contributed by atoms with Crippen LogP contribution in [-0.4, -0.2) is 18.0 Å². The largest absolute Gasteiger partial charge is 0.497 e. The number of aromatic nitrogens is 1. The molecule has 90 valence electrons. The highest BCUT2D eigenvalue weighted by molar-refractivity contribution is 7.06. The Morgan fingerprint density at radius 1 is 1.35 bits per heavy atom. The molecule has 0 radical (unpaired) electrons. The fourth-order valence-corrected chi connectivity index (χ4v) is 2.27. The van der Waals surface area contributed by atoms with Crippen molar-refractivity contribution in [3.8, 4) is 17.0 Å². The van der Waals surface area contributed by atoms with Gasteiger partial charge in [0.05, 0.1) is 12.8 Å². The molecule has 0 amide bonds. The lowest BCUT2D eigenvalue weighted by Crippen LogP contribution is -2.10. The van der Waals surface area contributed by atoms with Crippen molar-refractivity contribution in [1.29, 1.82) is 0 Å². The summed E-state index contributed by atoms with van der Waals surface area (Å²) in [6, 6.07) is 10.1. The molecule has 1 N–H and O–H groups in total. The van der Waals surface area contributed by atoms with Gasteiger partial charge in [-0.15, -0.1) is 0 Å². The molecule has 3 nitrogen and oxygen atoms in total. The van der Waals surface area contributed by atoms with Crippen molar-refractivity contribution in [3.05, 3.63) is 35.2 Å². The summed E-state index contributed by atoms with van der Waals surface area (Å²) in [6.07, 6.45) is 0. The molecule has 4 heteroatoms. The van der Waals surface area contributed by atoms with Gasteiger partial charge in [0.25, 0.3) is 0 Å². The highest BCUT2D eigenvalue weighted by atomic mass is 32.1. The van der Waals surface area contributed by atoms with Crippen LogP contribution in [-0.2, 0) is 6.54 Å². The van der Waals surface area contributed by atoms with E-state index in [0.717, 1.165) is 30.1 Å². The highest BCUT2D eigenvalue weighted by Gasteiger charge is 2.05. The second kappa shape index (κ2) is 5.80. The number of nitrogens with zero attached hydrogens (tertiary/aromatic N) is 1. The molecule has 0 fully saturated rings. The van der Waals surface area contributed by atoms with Crippen molar-refractivity contribution in [2.45, 2.75) is 13.5 Å². The third-order valence-electron chi connectivity index (χ3n) is 2.47. The van der Waals surface area contributed by atoms with Crippen LogP contribution in [0.4, 0.5) is 0 Å². The van der Waals surface area contributed by atoms with Gasteiger partial charge in [0.1, 0.15) is 5.75 Å². The molecular weight excluding hydrogens is 232 g/mol. The number of benzene rings is 1. The molecule has 1 aromatic heterocycles. The van der Waals surface area contributed by atoms with Crippen LogP contribution in [0.25, 0.3) is 11.3 Å². The average molecular weight is 248 g/mol. The molecule has 2 aromatic rings. The summed E-state index contributed by atoms with van der Waals surface area (Å²) in [6.45, 7) is 3.97. The lowest BCUT2D eigenvalue weighted by Gasteiger charge is -2.01. The Morgan fingerprint density at radius 3 is 3.00 bits per heavy atom. The minimum Gasteiger partial charge on any atom is -0.497 e. The van der Waals surface area contributed by atoms with E-state index in [1.54, 1.807) is 18.6 Å². The number of methoxy groups -OCH3 is 1. The van der Waals surface area contributed by atoms with Crippen molar-refractivity contribution in [1.82, 2.24) is 9.69 Å². The van der Waals surface area contributed by atoms with E-state index in [1.165, 1.54) is 4.88 Å². The topological polar surface area (TPSA) is 34.1 Å². The van der Waals surface area contributed by atoms with Gasteiger partial charge in [-0.1, -0.05) is 19.1 Å². The summed E-state index contributed by atoms with van der Waals surface area (Å²) in [7, 11) is 1.68. The molecule has 0 unspecified atom stereocenters. The Kier molecular flexibility index (Phi) is 4.12. The zero-order chi connectivity index (χ0) is 12.1. The highest BCUT2D eigenvalue weighted by Crippen LogP contribution is 2.25. The predicted octanol–water partition coefficient (Wildman–Crippen LogP) is 2.93. The standard InChI is InChI=1S/C13H16N2OS/c1-3-14-9-12-8-13(15-17-12)10-5-4-6-11(7-10)16-2/h4-8,14H,3,9H2,1-2H3. The fraction of sp³-hybridized carbons (Fsp3) is 0.308. The van der Waals surface area contributed by atoms with Crippen LogP contribution >= 0.6 is 11.5 Å². The van der Waals surface area contributed by atoms with E-state index in [-0.39, 0.29) is 0 Å². The quantitative estimate of drug-likeness (QED) is 0.883. The van der Waals surface area contributed by atoms with Crippen LogP contribution < -0.4 is 10.1 Å². The van der Waals surface area contributed by atoms with Gasteiger partial charge >= 0.3 is 0 Å². The molecule has 17 heavy (non-hydrogen) atoms. The molecular formula is C13H16N2OS. The minimum absolute atomic E-state index is 0.865. The van der Waals surface area contributed by atoms with E-state index in [9.17, 15) is 0 Å². The van der Waals surface area contributed by atoms with Gasteiger partial charge in [0.2, 0.25) is 0 Å². The maximum atomic E-state index is 5.21. The van der Waals surface area contributed by atoms with Gasteiger partial charge in [0.15, 0.2) is 0 Å². The Balaban J connectivity index is 2.18. The maximum Gasteiger partial charge on any atom is 0.119 e. The molecule has 0 bridgehead atoms. The monoisotopic (exact) mass is 248 g/mol. The van der Waals surface area contributed by atoms with Crippen molar-refractivity contribution in [2.75, 3.05) is 13.7 Å². The minimum atomic E-state index is 0.865. The smallest absolute Gasteiger partial charge is 0.119 e.